The van der Waals surface area contributed by atoms with Crippen LogP contribution in [-0.4, -0.2) is 29.9 Å². The second kappa shape index (κ2) is 7.25. The summed E-state index contributed by atoms with van der Waals surface area (Å²) in [6.07, 6.45) is 4.29. The van der Waals surface area contributed by atoms with Crippen LogP contribution in [0.5, 0.6) is 0 Å². The molecule has 132 valence electrons. The summed E-state index contributed by atoms with van der Waals surface area (Å²) >= 11 is 1.50. The van der Waals surface area contributed by atoms with Crippen LogP contribution >= 0.6 is 11.3 Å². The molecule has 1 aliphatic heterocycles. The van der Waals surface area contributed by atoms with E-state index < -0.39 is 0 Å². The predicted molar refractivity (Wildman–Crippen MR) is 103 cm³/mol. The van der Waals surface area contributed by atoms with Gasteiger partial charge in [-0.05, 0) is 60.5 Å². The van der Waals surface area contributed by atoms with E-state index in [1.807, 2.05) is 36.4 Å². The molecule has 0 spiro atoms. The molecule has 0 bridgehead atoms. The summed E-state index contributed by atoms with van der Waals surface area (Å²) < 4.78 is 1.05. The standard InChI is InChI=1S/C20H19N3O2S/c24-19(22-10-3-5-14-4-1-2-9-21-14)13-6-7-17-16(12-13)15-8-11-23-20(25)18(15)26-17/h1-2,4,6-7,9,12H,3,5,8,10-11H2,(H,22,24)(H,23,25). The molecule has 26 heavy (non-hydrogen) atoms. The quantitative estimate of drug-likeness (QED) is 0.683. The molecule has 0 unspecified atom stereocenters. The van der Waals surface area contributed by atoms with Crippen molar-refractivity contribution in [1.29, 1.82) is 0 Å². The Bertz CT molecular complexity index is 966. The SMILES string of the molecule is O=C(NCCCc1ccccn1)c1ccc2sc3c(c2c1)CCNC3=O. The zero-order valence-corrected chi connectivity index (χ0v) is 15.1. The first kappa shape index (κ1) is 16.7. The number of aryl methyl sites for hydroxylation is 1. The molecule has 0 atom stereocenters. The minimum Gasteiger partial charge on any atom is -0.352 e. The number of benzene rings is 1. The van der Waals surface area contributed by atoms with Crippen molar-refractivity contribution in [2.45, 2.75) is 19.3 Å². The van der Waals surface area contributed by atoms with E-state index in [4.69, 9.17) is 0 Å². The number of hydrogen-bond acceptors (Lipinski definition) is 4. The highest BCUT2D eigenvalue weighted by Gasteiger charge is 2.22. The Kier molecular flexibility index (Phi) is 4.67. The van der Waals surface area contributed by atoms with Gasteiger partial charge in [0.2, 0.25) is 0 Å². The lowest BCUT2D eigenvalue weighted by Gasteiger charge is -2.12. The number of hydrogen-bond donors (Lipinski definition) is 2. The van der Waals surface area contributed by atoms with E-state index in [0.717, 1.165) is 45.5 Å². The Morgan fingerprint density at radius 2 is 2.19 bits per heavy atom. The fourth-order valence-corrected chi connectivity index (χ4v) is 4.37. The lowest BCUT2D eigenvalue weighted by atomic mass is 10.0. The topological polar surface area (TPSA) is 71.1 Å². The maximum Gasteiger partial charge on any atom is 0.261 e. The Balaban J connectivity index is 1.43. The smallest absolute Gasteiger partial charge is 0.261 e. The maximum atomic E-state index is 12.5. The van der Waals surface area contributed by atoms with Gasteiger partial charge < -0.3 is 10.6 Å². The van der Waals surface area contributed by atoms with Crippen molar-refractivity contribution >= 4 is 33.2 Å². The molecular weight excluding hydrogens is 346 g/mol. The fourth-order valence-electron chi connectivity index (χ4n) is 3.22. The van der Waals surface area contributed by atoms with Gasteiger partial charge in [0.05, 0.1) is 4.88 Å². The summed E-state index contributed by atoms with van der Waals surface area (Å²) in [5.41, 5.74) is 2.74. The number of thiophene rings is 1. The van der Waals surface area contributed by atoms with Gasteiger partial charge in [0.1, 0.15) is 0 Å². The van der Waals surface area contributed by atoms with E-state index in [2.05, 4.69) is 15.6 Å². The third-order valence-electron chi connectivity index (χ3n) is 4.54. The van der Waals surface area contributed by atoms with E-state index in [1.54, 1.807) is 6.20 Å². The number of nitrogens with one attached hydrogen (secondary N) is 2. The zero-order valence-electron chi connectivity index (χ0n) is 14.2. The van der Waals surface area contributed by atoms with E-state index in [-0.39, 0.29) is 11.8 Å². The van der Waals surface area contributed by atoms with E-state index in [0.29, 0.717) is 18.7 Å². The van der Waals surface area contributed by atoms with Crippen LogP contribution < -0.4 is 10.6 Å². The third kappa shape index (κ3) is 3.32. The first-order valence-electron chi connectivity index (χ1n) is 8.74. The highest BCUT2D eigenvalue weighted by atomic mass is 32.1. The average Bonchev–Trinajstić information content (AvgIpc) is 3.05. The summed E-state index contributed by atoms with van der Waals surface area (Å²) in [5, 5.41) is 6.87. The summed E-state index contributed by atoms with van der Waals surface area (Å²) in [4.78, 5) is 29.5. The van der Waals surface area contributed by atoms with Crippen LogP contribution in [0.15, 0.2) is 42.6 Å². The van der Waals surface area contributed by atoms with Crippen molar-refractivity contribution in [1.82, 2.24) is 15.6 Å². The van der Waals surface area contributed by atoms with Gasteiger partial charge >= 0.3 is 0 Å². The van der Waals surface area contributed by atoms with Gasteiger partial charge in [-0.25, -0.2) is 0 Å². The highest BCUT2D eigenvalue weighted by Crippen LogP contribution is 2.33. The summed E-state index contributed by atoms with van der Waals surface area (Å²) in [7, 11) is 0. The van der Waals surface area contributed by atoms with Crippen LogP contribution in [0.2, 0.25) is 0 Å². The van der Waals surface area contributed by atoms with Gasteiger partial charge in [0, 0.05) is 35.2 Å². The Labute approximate surface area is 155 Å². The molecule has 4 rings (SSSR count). The predicted octanol–water partition coefficient (Wildman–Crippen LogP) is 2.94. The summed E-state index contributed by atoms with van der Waals surface area (Å²) in [6, 6.07) is 11.5. The molecule has 6 heteroatoms. The van der Waals surface area contributed by atoms with E-state index in [1.165, 1.54) is 11.3 Å². The van der Waals surface area contributed by atoms with Crippen molar-refractivity contribution in [2.75, 3.05) is 13.1 Å². The van der Waals surface area contributed by atoms with Gasteiger partial charge in [0.25, 0.3) is 11.8 Å². The van der Waals surface area contributed by atoms with Crippen LogP contribution in [-0.2, 0) is 12.8 Å². The van der Waals surface area contributed by atoms with Crippen molar-refractivity contribution in [3.8, 4) is 0 Å². The highest BCUT2D eigenvalue weighted by molar-refractivity contribution is 7.21. The number of nitrogens with zero attached hydrogens (tertiary/aromatic N) is 1. The van der Waals surface area contributed by atoms with Crippen LogP contribution in [0.1, 0.15) is 37.7 Å². The molecule has 2 amide bonds. The summed E-state index contributed by atoms with van der Waals surface area (Å²) in [5.74, 6) is -0.0823. The second-order valence-electron chi connectivity index (χ2n) is 6.31. The molecule has 0 aliphatic carbocycles. The van der Waals surface area contributed by atoms with Crippen LogP contribution in [0.4, 0.5) is 0 Å². The fraction of sp³-hybridized carbons (Fsp3) is 0.250. The molecule has 0 saturated heterocycles. The number of carbonyl (C=O) groups is 2. The van der Waals surface area contributed by atoms with Crippen molar-refractivity contribution < 1.29 is 9.59 Å². The van der Waals surface area contributed by atoms with Gasteiger partial charge in [-0.15, -0.1) is 11.3 Å². The maximum absolute atomic E-state index is 12.5. The van der Waals surface area contributed by atoms with Crippen molar-refractivity contribution in [3.63, 3.8) is 0 Å². The summed E-state index contributed by atoms with van der Waals surface area (Å²) in [6.45, 7) is 1.26. The molecule has 0 fully saturated rings. The minimum absolute atomic E-state index is 0.00651. The lowest BCUT2D eigenvalue weighted by molar-refractivity contribution is 0.0944. The number of carbonyl (C=O) groups excluding carboxylic acids is 2. The van der Waals surface area contributed by atoms with Gasteiger partial charge in [-0.2, -0.15) is 0 Å². The largest absolute Gasteiger partial charge is 0.352 e. The molecule has 0 saturated carbocycles. The molecule has 3 heterocycles. The van der Waals surface area contributed by atoms with Crippen LogP contribution in [0.3, 0.4) is 0 Å². The van der Waals surface area contributed by atoms with Gasteiger partial charge in [0.15, 0.2) is 0 Å². The first-order valence-corrected chi connectivity index (χ1v) is 9.56. The van der Waals surface area contributed by atoms with E-state index in [9.17, 15) is 9.59 Å². The second-order valence-corrected chi connectivity index (χ2v) is 7.36. The molecule has 5 nitrogen and oxygen atoms in total. The van der Waals surface area contributed by atoms with Crippen LogP contribution in [0, 0.1) is 0 Å². The minimum atomic E-state index is -0.0758. The average molecular weight is 365 g/mol. The molecule has 3 aromatic rings. The molecule has 1 aromatic carbocycles. The van der Waals surface area contributed by atoms with Crippen molar-refractivity contribution in [2.24, 2.45) is 0 Å². The molecule has 1 aliphatic rings. The van der Waals surface area contributed by atoms with E-state index >= 15 is 0 Å². The number of amides is 2. The first-order chi connectivity index (χ1) is 12.7. The Morgan fingerprint density at radius 3 is 3.04 bits per heavy atom. The molecule has 2 aromatic heterocycles. The zero-order chi connectivity index (χ0) is 17.9. The Morgan fingerprint density at radius 1 is 1.27 bits per heavy atom. The Hall–Kier alpha value is -2.73. The van der Waals surface area contributed by atoms with Crippen LogP contribution in [0.25, 0.3) is 10.1 Å². The van der Waals surface area contributed by atoms with Gasteiger partial charge in [-0.3, -0.25) is 14.6 Å². The van der Waals surface area contributed by atoms with Gasteiger partial charge in [-0.1, -0.05) is 6.07 Å². The number of rotatable bonds is 5. The molecule has 0 radical (unpaired) electrons. The number of aromatic nitrogens is 1. The van der Waals surface area contributed by atoms with Crippen molar-refractivity contribution in [3.05, 3.63) is 64.3 Å². The number of fused-ring (bicyclic) bond motifs is 3. The normalized spacial score (nSPS) is 13.3. The molecular formula is C20H19N3O2S. The number of pyridine rings is 1. The molecule has 2 N–H and O–H groups in total. The lowest BCUT2D eigenvalue weighted by Crippen LogP contribution is -2.30. The third-order valence-corrected chi connectivity index (χ3v) is 5.75. The monoisotopic (exact) mass is 365 g/mol.